The number of fused-ring (bicyclic) bond motifs is 6. The van der Waals surface area contributed by atoms with Crippen molar-refractivity contribution in [2.45, 2.75) is 0 Å². The molecule has 0 fully saturated rings. The van der Waals surface area contributed by atoms with Crippen LogP contribution in [0.3, 0.4) is 0 Å². The average molecular weight is 815 g/mol. The lowest BCUT2D eigenvalue weighted by Gasteiger charge is -2.12. The zero-order valence-corrected chi connectivity index (χ0v) is 33.9. The minimum absolute atomic E-state index is 0.541. The van der Waals surface area contributed by atoms with Crippen LogP contribution in [0.5, 0.6) is 0 Å². The summed E-state index contributed by atoms with van der Waals surface area (Å²) in [5.41, 5.74) is 14.6. The van der Waals surface area contributed by atoms with Crippen LogP contribution in [0.25, 0.3) is 100 Å². The van der Waals surface area contributed by atoms with E-state index < -0.39 is 0 Å². The van der Waals surface area contributed by atoms with Crippen molar-refractivity contribution in [3.8, 4) is 80.7 Å². The highest BCUT2D eigenvalue weighted by atomic mass is 15.0. The third kappa shape index (κ3) is 6.29. The molecule has 8 heteroatoms. The van der Waals surface area contributed by atoms with Gasteiger partial charge in [0.1, 0.15) is 0 Å². The monoisotopic (exact) mass is 814 g/mol. The van der Waals surface area contributed by atoms with Crippen LogP contribution in [0.1, 0.15) is 22.3 Å². The number of para-hydroxylation sites is 1. The lowest BCUT2D eigenvalue weighted by atomic mass is 10.0. The molecule has 294 valence electrons. The molecule has 0 aliphatic heterocycles. The number of rotatable bonds is 6. The van der Waals surface area contributed by atoms with Crippen molar-refractivity contribution in [1.29, 1.82) is 21.0 Å². The summed E-state index contributed by atoms with van der Waals surface area (Å²) in [6.45, 7) is 0. The van der Waals surface area contributed by atoms with Crippen molar-refractivity contribution in [2.75, 3.05) is 0 Å². The summed E-state index contributed by atoms with van der Waals surface area (Å²) in [4.78, 5) is 9.86. The van der Waals surface area contributed by atoms with Crippen molar-refractivity contribution < 1.29 is 0 Å². The average Bonchev–Trinajstić information content (AvgIpc) is 3.88. The quantitative estimate of drug-likeness (QED) is 0.164. The molecule has 64 heavy (non-hydrogen) atoms. The second-order valence-corrected chi connectivity index (χ2v) is 15.5. The Kier molecular flexibility index (Phi) is 8.85. The minimum Gasteiger partial charge on any atom is -0.309 e. The van der Waals surface area contributed by atoms with Gasteiger partial charge in [0.15, 0.2) is 5.82 Å². The highest BCUT2D eigenvalue weighted by molar-refractivity contribution is 6.12. The second kappa shape index (κ2) is 15.1. The number of aromatic nitrogens is 4. The normalized spacial score (nSPS) is 11.1. The molecule has 0 unspecified atom stereocenters. The van der Waals surface area contributed by atoms with Crippen LogP contribution in [0, 0.1) is 45.3 Å². The van der Waals surface area contributed by atoms with E-state index in [0.29, 0.717) is 28.1 Å². The Bertz CT molecular complexity index is 3700. The first-order valence-electron chi connectivity index (χ1n) is 20.5. The fourth-order valence-corrected chi connectivity index (χ4v) is 8.74. The topological polar surface area (TPSA) is 131 Å². The van der Waals surface area contributed by atoms with Gasteiger partial charge in [0.25, 0.3) is 0 Å². The molecule has 0 aliphatic rings. The number of hydrogen-bond donors (Lipinski definition) is 0. The standard InChI is InChI=1S/C56H30N8/c57-31-35-5-11-41(12-6-35)50-30-51(62-56(61-50)43-13-7-36(32-58)8-14-43)42-17-15-39(16-18-42)40-19-21-44(22-20-40)63-52-4-2-1-3-46(52)49-29-45(23-26-55(49)63)64-53-24-9-37(33-59)27-47(53)48-28-38(34-60)10-25-54(48)64/h1-30H. The molecular weight excluding hydrogens is 785 g/mol. The summed E-state index contributed by atoms with van der Waals surface area (Å²) in [6.07, 6.45) is 0. The molecule has 3 heterocycles. The molecule has 8 aromatic carbocycles. The number of nitriles is 4. The molecule has 0 aliphatic carbocycles. The fraction of sp³-hybridized carbons (Fsp3) is 0. The first kappa shape index (κ1) is 37.4. The first-order valence-corrected chi connectivity index (χ1v) is 20.5. The van der Waals surface area contributed by atoms with Crippen molar-refractivity contribution >= 4 is 43.6 Å². The van der Waals surface area contributed by atoms with Crippen LogP contribution in [-0.2, 0) is 0 Å². The van der Waals surface area contributed by atoms with E-state index in [2.05, 4.69) is 124 Å². The Labute approximate surface area is 367 Å². The molecule has 0 radical (unpaired) electrons. The zero-order valence-electron chi connectivity index (χ0n) is 33.9. The van der Waals surface area contributed by atoms with Crippen molar-refractivity contribution in [3.05, 3.63) is 204 Å². The molecule has 0 bridgehead atoms. The lowest BCUT2D eigenvalue weighted by molar-refractivity contribution is 1.16. The van der Waals surface area contributed by atoms with Gasteiger partial charge in [0.05, 0.1) is 80.0 Å². The Balaban J connectivity index is 0.948. The molecule has 0 atom stereocenters. The van der Waals surface area contributed by atoms with E-state index in [-0.39, 0.29) is 0 Å². The summed E-state index contributed by atoms with van der Waals surface area (Å²) in [7, 11) is 0. The highest BCUT2D eigenvalue weighted by Crippen LogP contribution is 2.38. The van der Waals surface area contributed by atoms with E-state index in [0.717, 1.165) is 94.2 Å². The van der Waals surface area contributed by atoms with Crippen LogP contribution < -0.4 is 0 Å². The second-order valence-electron chi connectivity index (χ2n) is 15.5. The summed E-state index contributed by atoms with van der Waals surface area (Å²) < 4.78 is 4.52. The van der Waals surface area contributed by atoms with Crippen LogP contribution >= 0.6 is 0 Å². The van der Waals surface area contributed by atoms with Gasteiger partial charge < -0.3 is 9.13 Å². The van der Waals surface area contributed by atoms with Gasteiger partial charge in [-0.2, -0.15) is 21.0 Å². The Hall–Kier alpha value is -9.60. The third-order valence-electron chi connectivity index (χ3n) is 11.9. The van der Waals surface area contributed by atoms with Gasteiger partial charge in [-0.25, -0.2) is 9.97 Å². The largest absolute Gasteiger partial charge is 0.309 e. The van der Waals surface area contributed by atoms with Crippen LogP contribution in [0.2, 0.25) is 0 Å². The summed E-state index contributed by atoms with van der Waals surface area (Å²) >= 11 is 0. The Morgan fingerprint density at radius 1 is 0.312 bits per heavy atom. The molecule has 0 saturated heterocycles. The van der Waals surface area contributed by atoms with E-state index in [1.165, 1.54) is 0 Å². The molecule has 0 saturated carbocycles. The number of nitrogens with zero attached hydrogens (tertiary/aromatic N) is 8. The maximum Gasteiger partial charge on any atom is 0.160 e. The minimum atomic E-state index is 0.541. The molecule has 11 rings (SSSR count). The van der Waals surface area contributed by atoms with E-state index in [1.54, 1.807) is 24.3 Å². The molecule has 0 N–H and O–H groups in total. The SMILES string of the molecule is N#Cc1ccc(-c2cc(-c3ccc(-c4ccc(-n5c6ccccc6c6cc(-n7c8ccc(C#N)cc8c8cc(C#N)ccc87)ccc65)cc4)cc3)nc(-c3ccc(C#N)cc3)n2)cc1. The maximum absolute atomic E-state index is 9.70. The van der Waals surface area contributed by atoms with Crippen LogP contribution in [0.15, 0.2) is 182 Å². The summed E-state index contributed by atoms with van der Waals surface area (Å²) in [5, 5.41) is 42.2. The summed E-state index contributed by atoms with van der Waals surface area (Å²) in [6, 6.07) is 68.9. The van der Waals surface area contributed by atoms with E-state index >= 15 is 0 Å². The lowest BCUT2D eigenvalue weighted by Crippen LogP contribution is -1.96. The molecule has 8 nitrogen and oxygen atoms in total. The zero-order chi connectivity index (χ0) is 43.3. The van der Waals surface area contributed by atoms with Crippen molar-refractivity contribution in [2.24, 2.45) is 0 Å². The van der Waals surface area contributed by atoms with Gasteiger partial charge in [0, 0.05) is 49.6 Å². The molecule has 0 spiro atoms. The number of benzene rings is 8. The van der Waals surface area contributed by atoms with Crippen LogP contribution in [-0.4, -0.2) is 19.1 Å². The summed E-state index contributed by atoms with van der Waals surface area (Å²) in [5.74, 6) is 0.541. The van der Waals surface area contributed by atoms with Gasteiger partial charge in [-0.15, -0.1) is 0 Å². The predicted octanol–water partition coefficient (Wildman–Crippen LogP) is 12.8. The van der Waals surface area contributed by atoms with E-state index in [9.17, 15) is 21.0 Å². The smallest absolute Gasteiger partial charge is 0.160 e. The molecule has 3 aromatic heterocycles. The van der Waals surface area contributed by atoms with E-state index in [1.807, 2.05) is 66.7 Å². The molecular formula is C56H30N8. The van der Waals surface area contributed by atoms with Gasteiger partial charge in [-0.05, 0) is 126 Å². The Morgan fingerprint density at radius 3 is 1.25 bits per heavy atom. The van der Waals surface area contributed by atoms with Gasteiger partial charge in [-0.1, -0.05) is 66.7 Å². The van der Waals surface area contributed by atoms with E-state index in [4.69, 9.17) is 9.97 Å². The maximum atomic E-state index is 9.70. The van der Waals surface area contributed by atoms with Gasteiger partial charge in [-0.3, -0.25) is 0 Å². The third-order valence-corrected chi connectivity index (χ3v) is 11.9. The fourth-order valence-electron chi connectivity index (χ4n) is 8.74. The van der Waals surface area contributed by atoms with Crippen LogP contribution in [0.4, 0.5) is 0 Å². The van der Waals surface area contributed by atoms with Gasteiger partial charge in [0.2, 0.25) is 0 Å². The Morgan fingerprint density at radius 2 is 0.703 bits per heavy atom. The van der Waals surface area contributed by atoms with Crippen molar-refractivity contribution in [3.63, 3.8) is 0 Å². The molecule has 11 aromatic rings. The van der Waals surface area contributed by atoms with Crippen molar-refractivity contribution in [1.82, 2.24) is 19.1 Å². The molecule has 0 amide bonds. The highest BCUT2D eigenvalue weighted by Gasteiger charge is 2.18. The number of hydrogen-bond acceptors (Lipinski definition) is 6. The van der Waals surface area contributed by atoms with Gasteiger partial charge >= 0.3 is 0 Å². The predicted molar refractivity (Wildman–Crippen MR) is 251 cm³/mol. The first-order chi connectivity index (χ1) is 31.5.